The first-order valence-electron chi connectivity index (χ1n) is 9.24. The molecule has 0 amide bonds. The molecule has 1 unspecified atom stereocenters. The SMILES string of the molecule is COc1ccc2c(c1OC)C(OC)N1CCc3cc4c(cc3C1=C2)COC4. The Morgan fingerprint density at radius 1 is 1.00 bits per heavy atom. The van der Waals surface area contributed by atoms with Gasteiger partial charge in [0.25, 0.3) is 0 Å². The van der Waals surface area contributed by atoms with Gasteiger partial charge in [-0.3, -0.25) is 0 Å². The predicted molar refractivity (Wildman–Crippen MR) is 103 cm³/mol. The number of methoxy groups -OCH3 is 3. The lowest BCUT2D eigenvalue weighted by molar-refractivity contribution is -0.00469. The molecule has 0 aliphatic carbocycles. The van der Waals surface area contributed by atoms with E-state index in [2.05, 4.69) is 29.2 Å². The quantitative estimate of drug-likeness (QED) is 0.829. The maximum absolute atomic E-state index is 5.96. The fraction of sp³-hybridized carbons (Fsp3) is 0.364. The Bertz CT molecular complexity index is 950. The Hall–Kier alpha value is -2.50. The average Bonchev–Trinajstić information content (AvgIpc) is 3.16. The second-order valence-corrected chi connectivity index (χ2v) is 7.14. The van der Waals surface area contributed by atoms with Crippen LogP contribution in [0.2, 0.25) is 0 Å². The molecule has 3 aliphatic rings. The molecule has 0 N–H and O–H groups in total. The van der Waals surface area contributed by atoms with Gasteiger partial charge in [-0.1, -0.05) is 12.1 Å². The van der Waals surface area contributed by atoms with Gasteiger partial charge in [0.05, 0.1) is 33.0 Å². The summed E-state index contributed by atoms with van der Waals surface area (Å²) in [5.74, 6) is 1.47. The molecule has 27 heavy (non-hydrogen) atoms. The Morgan fingerprint density at radius 2 is 1.81 bits per heavy atom. The Morgan fingerprint density at radius 3 is 2.56 bits per heavy atom. The van der Waals surface area contributed by atoms with Gasteiger partial charge in [-0.2, -0.15) is 0 Å². The number of rotatable bonds is 3. The fourth-order valence-electron chi connectivity index (χ4n) is 4.54. The predicted octanol–water partition coefficient (Wildman–Crippen LogP) is 3.75. The summed E-state index contributed by atoms with van der Waals surface area (Å²) >= 11 is 0. The van der Waals surface area contributed by atoms with Gasteiger partial charge in [0, 0.05) is 24.9 Å². The summed E-state index contributed by atoms with van der Waals surface area (Å²) in [6, 6.07) is 8.66. The van der Waals surface area contributed by atoms with Gasteiger partial charge in [-0.15, -0.1) is 0 Å². The molecule has 0 fully saturated rings. The van der Waals surface area contributed by atoms with Gasteiger partial charge in [-0.25, -0.2) is 0 Å². The van der Waals surface area contributed by atoms with E-state index >= 15 is 0 Å². The lowest BCUT2D eigenvalue weighted by atomic mass is 9.87. The highest BCUT2D eigenvalue weighted by Crippen LogP contribution is 2.48. The summed E-state index contributed by atoms with van der Waals surface area (Å²) in [7, 11) is 5.09. The van der Waals surface area contributed by atoms with Crippen molar-refractivity contribution in [1.82, 2.24) is 4.90 Å². The van der Waals surface area contributed by atoms with Gasteiger partial charge < -0.3 is 23.8 Å². The summed E-state index contributed by atoms with van der Waals surface area (Å²) < 4.78 is 22.8. The highest BCUT2D eigenvalue weighted by molar-refractivity contribution is 5.87. The van der Waals surface area contributed by atoms with Crippen molar-refractivity contribution in [3.8, 4) is 11.5 Å². The maximum Gasteiger partial charge on any atom is 0.169 e. The third kappa shape index (κ3) is 2.38. The maximum atomic E-state index is 5.96. The van der Waals surface area contributed by atoms with Crippen LogP contribution in [0.25, 0.3) is 11.8 Å². The molecule has 2 aromatic rings. The molecule has 0 radical (unpaired) electrons. The Balaban J connectivity index is 1.71. The highest BCUT2D eigenvalue weighted by atomic mass is 16.5. The largest absolute Gasteiger partial charge is 0.493 e. The minimum Gasteiger partial charge on any atom is -0.493 e. The van der Waals surface area contributed by atoms with E-state index in [9.17, 15) is 0 Å². The van der Waals surface area contributed by atoms with Crippen LogP contribution in [0.5, 0.6) is 11.5 Å². The van der Waals surface area contributed by atoms with Gasteiger partial charge >= 0.3 is 0 Å². The van der Waals surface area contributed by atoms with E-state index < -0.39 is 0 Å². The van der Waals surface area contributed by atoms with Crippen molar-refractivity contribution in [3.63, 3.8) is 0 Å². The smallest absolute Gasteiger partial charge is 0.169 e. The number of fused-ring (bicyclic) bond motifs is 5. The van der Waals surface area contributed by atoms with Gasteiger partial charge in [0.1, 0.15) is 0 Å². The average molecular weight is 365 g/mol. The van der Waals surface area contributed by atoms with E-state index in [-0.39, 0.29) is 6.23 Å². The number of ether oxygens (including phenoxy) is 4. The minimum atomic E-state index is -0.206. The monoisotopic (exact) mass is 365 g/mol. The lowest BCUT2D eigenvalue weighted by Crippen LogP contribution is -2.36. The molecule has 2 aromatic carbocycles. The number of nitrogens with zero attached hydrogens (tertiary/aromatic N) is 1. The van der Waals surface area contributed by atoms with E-state index in [1.807, 2.05) is 6.07 Å². The van der Waals surface area contributed by atoms with Crippen LogP contribution in [0.3, 0.4) is 0 Å². The van der Waals surface area contributed by atoms with Crippen LogP contribution in [0.1, 0.15) is 39.6 Å². The van der Waals surface area contributed by atoms with Crippen LogP contribution in [0, 0.1) is 0 Å². The molecular formula is C22H23NO4. The molecule has 5 rings (SSSR count). The molecule has 140 valence electrons. The topological polar surface area (TPSA) is 40.2 Å². The van der Waals surface area contributed by atoms with Crippen LogP contribution < -0.4 is 9.47 Å². The fourth-order valence-corrected chi connectivity index (χ4v) is 4.54. The van der Waals surface area contributed by atoms with Crippen molar-refractivity contribution in [2.75, 3.05) is 27.9 Å². The van der Waals surface area contributed by atoms with Gasteiger partial charge in [0.2, 0.25) is 0 Å². The van der Waals surface area contributed by atoms with Crippen molar-refractivity contribution in [2.45, 2.75) is 25.9 Å². The van der Waals surface area contributed by atoms with Crippen molar-refractivity contribution in [2.24, 2.45) is 0 Å². The number of hydrogen-bond donors (Lipinski definition) is 0. The molecular weight excluding hydrogens is 342 g/mol. The standard InChI is InChI=1S/C22H23NO4/c1-24-19-5-4-14-10-18-17-9-16-12-27-11-15(16)8-13(17)6-7-23(18)22(26-3)20(14)21(19)25-2/h4-5,8-10,22H,6-7,11-12H2,1-3H3. The molecule has 3 aliphatic heterocycles. The normalized spacial score (nSPS) is 19.6. The van der Waals surface area contributed by atoms with Crippen molar-refractivity contribution >= 4 is 11.8 Å². The molecule has 5 nitrogen and oxygen atoms in total. The summed E-state index contributed by atoms with van der Waals surface area (Å²) in [4.78, 5) is 2.33. The van der Waals surface area contributed by atoms with E-state index in [1.54, 1.807) is 21.3 Å². The minimum absolute atomic E-state index is 0.206. The molecule has 1 atom stereocenters. The zero-order valence-electron chi connectivity index (χ0n) is 15.9. The summed E-state index contributed by atoms with van der Waals surface area (Å²) in [5, 5.41) is 0. The van der Waals surface area contributed by atoms with Gasteiger partial charge in [-0.05, 0) is 46.9 Å². The molecule has 0 bridgehead atoms. The van der Waals surface area contributed by atoms with E-state index in [0.717, 1.165) is 42.2 Å². The third-order valence-corrected chi connectivity index (χ3v) is 5.81. The second-order valence-electron chi connectivity index (χ2n) is 7.14. The summed E-state index contributed by atoms with van der Waals surface area (Å²) in [6.45, 7) is 2.33. The zero-order chi connectivity index (χ0) is 18.5. The first-order chi connectivity index (χ1) is 13.2. The molecule has 0 spiro atoms. The molecule has 0 saturated heterocycles. The summed E-state index contributed by atoms with van der Waals surface area (Å²) in [5.41, 5.74) is 8.63. The van der Waals surface area contributed by atoms with Crippen LogP contribution in [-0.4, -0.2) is 32.8 Å². The Kier molecular flexibility index (Phi) is 3.88. The Labute approximate surface area is 159 Å². The van der Waals surface area contributed by atoms with Gasteiger partial charge in [0.15, 0.2) is 17.7 Å². The lowest BCUT2D eigenvalue weighted by Gasteiger charge is -2.42. The molecule has 3 heterocycles. The van der Waals surface area contributed by atoms with Crippen LogP contribution >= 0.6 is 0 Å². The van der Waals surface area contributed by atoms with Crippen molar-refractivity contribution < 1.29 is 18.9 Å². The van der Waals surface area contributed by atoms with Crippen molar-refractivity contribution in [3.05, 3.63) is 57.6 Å². The van der Waals surface area contributed by atoms with Crippen LogP contribution in [0.4, 0.5) is 0 Å². The molecule has 0 aromatic heterocycles. The van der Waals surface area contributed by atoms with Crippen LogP contribution in [-0.2, 0) is 29.1 Å². The number of hydrogen-bond acceptors (Lipinski definition) is 5. The zero-order valence-corrected chi connectivity index (χ0v) is 15.9. The molecule has 0 saturated carbocycles. The van der Waals surface area contributed by atoms with E-state index in [1.165, 1.54) is 28.0 Å². The molecule has 5 heteroatoms. The highest BCUT2D eigenvalue weighted by Gasteiger charge is 2.36. The second kappa shape index (κ2) is 6.29. The van der Waals surface area contributed by atoms with E-state index in [0.29, 0.717) is 6.61 Å². The summed E-state index contributed by atoms with van der Waals surface area (Å²) in [6.07, 6.45) is 3.02. The van der Waals surface area contributed by atoms with Crippen molar-refractivity contribution in [1.29, 1.82) is 0 Å². The first-order valence-corrected chi connectivity index (χ1v) is 9.24. The third-order valence-electron chi connectivity index (χ3n) is 5.81. The van der Waals surface area contributed by atoms with E-state index in [4.69, 9.17) is 18.9 Å². The van der Waals surface area contributed by atoms with Crippen LogP contribution in [0.15, 0.2) is 24.3 Å². The number of benzene rings is 2. The first kappa shape index (κ1) is 16.7.